The van der Waals surface area contributed by atoms with Crippen molar-refractivity contribution in [3.8, 4) is 0 Å². The lowest BCUT2D eigenvalue weighted by Crippen LogP contribution is -2.25. The molecule has 0 aliphatic rings. The van der Waals surface area contributed by atoms with Crippen LogP contribution in [0.5, 0.6) is 0 Å². The molecule has 0 radical (unpaired) electrons. The maximum absolute atomic E-state index is 13.1. The first-order valence-corrected chi connectivity index (χ1v) is 10.6. The smallest absolute Gasteiger partial charge is 0.325 e. The van der Waals surface area contributed by atoms with Crippen LogP contribution in [0, 0.1) is 13.8 Å². The number of anilines is 1. The number of carbonyl (C=O) groups excluding carboxylic acids is 2. The lowest BCUT2D eigenvalue weighted by atomic mass is 10.0. The van der Waals surface area contributed by atoms with Crippen LogP contribution in [0.3, 0.4) is 0 Å². The Morgan fingerprint density at radius 1 is 1.00 bits per heavy atom. The fourth-order valence-electron chi connectivity index (χ4n) is 3.63. The summed E-state index contributed by atoms with van der Waals surface area (Å²) in [7, 11) is 0. The number of fused-ring (bicyclic) bond motifs is 1. The molecule has 1 amide bonds. The first kappa shape index (κ1) is 23.9. The predicted molar refractivity (Wildman–Crippen MR) is 125 cm³/mol. The lowest BCUT2D eigenvalue weighted by molar-refractivity contribution is -0.137. The zero-order chi connectivity index (χ0) is 25.3. The van der Waals surface area contributed by atoms with Crippen LogP contribution in [0.4, 0.5) is 18.9 Å². The van der Waals surface area contributed by atoms with Gasteiger partial charge in [-0.2, -0.15) is 13.2 Å². The fraction of sp³-hybridized carbons (Fsp3) is 0.154. The zero-order valence-corrected chi connectivity index (χ0v) is 18.8. The van der Waals surface area contributed by atoms with Crippen molar-refractivity contribution in [2.45, 2.75) is 26.6 Å². The van der Waals surface area contributed by atoms with Gasteiger partial charge in [-0.15, -0.1) is 0 Å². The SMILES string of the molecule is Cc1ccc(C(=O)c2cn(CC(=O)Nc3cccc(C(F)(F)F)c3)c3nc(C)ccc3c2=O)cc1. The van der Waals surface area contributed by atoms with E-state index in [1.165, 1.54) is 29.0 Å². The van der Waals surface area contributed by atoms with Gasteiger partial charge in [0.05, 0.1) is 16.5 Å². The molecule has 35 heavy (non-hydrogen) atoms. The molecule has 0 bridgehead atoms. The molecule has 0 unspecified atom stereocenters. The second-order valence-electron chi connectivity index (χ2n) is 8.15. The van der Waals surface area contributed by atoms with Crippen molar-refractivity contribution in [2.75, 3.05) is 5.32 Å². The van der Waals surface area contributed by atoms with Crippen LogP contribution in [0.2, 0.25) is 0 Å². The van der Waals surface area contributed by atoms with Gasteiger partial charge in [-0.3, -0.25) is 14.4 Å². The summed E-state index contributed by atoms with van der Waals surface area (Å²) in [6, 6.07) is 14.1. The minimum atomic E-state index is -4.55. The molecule has 0 saturated heterocycles. The van der Waals surface area contributed by atoms with E-state index in [9.17, 15) is 27.6 Å². The molecule has 2 aromatic carbocycles. The van der Waals surface area contributed by atoms with Crippen LogP contribution in [-0.2, 0) is 17.5 Å². The molecule has 0 aliphatic heterocycles. The van der Waals surface area contributed by atoms with Crippen molar-refractivity contribution < 1.29 is 22.8 Å². The molecule has 2 heterocycles. The molecule has 178 valence electrons. The summed E-state index contributed by atoms with van der Waals surface area (Å²) in [5.74, 6) is -1.16. The van der Waals surface area contributed by atoms with Gasteiger partial charge < -0.3 is 9.88 Å². The molecule has 0 spiro atoms. The Morgan fingerprint density at radius 2 is 1.71 bits per heavy atom. The van der Waals surface area contributed by atoms with Crippen LogP contribution in [0.25, 0.3) is 11.0 Å². The first-order valence-electron chi connectivity index (χ1n) is 10.6. The first-order chi connectivity index (χ1) is 16.5. The molecule has 0 atom stereocenters. The van der Waals surface area contributed by atoms with Gasteiger partial charge in [0, 0.05) is 23.1 Å². The Labute approximate surface area is 198 Å². The minimum Gasteiger partial charge on any atom is -0.325 e. The molecular weight excluding hydrogens is 459 g/mol. The quantitative estimate of drug-likeness (QED) is 0.413. The summed E-state index contributed by atoms with van der Waals surface area (Å²) in [4.78, 5) is 43.3. The molecule has 9 heteroatoms. The average molecular weight is 479 g/mol. The molecular formula is C26H20F3N3O3. The predicted octanol–water partition coefficient (Wildman–Crippen LogP) is 4.90. The Hall–Kier alpha value is -4.27. The number of benzene rings is 2. The van der Waals surface area contributed by atoms with Crippen molar-refractivity contribution in [1.82, 2.24) is 9.55 Å². The number of ketones is 1. The maximum Gasteiger partial charge on any atom is 0.416 e. The van der Waals surface area contributed by atoms with Crippen LogP contribution in [0.1, 0.15) is 32.7 Å². The number of aryl methyl sites for hydroxylation is 2. The molecule has 6 nitrogen and oxygen atoms in total. The highest BCUT2D eigenvalue weighted by atomic mass is 19.4. The molecule has 0 saturated carbocycles. The van der Waals surface area contributed by atoms with Crippen molar-refractivity contribution in [3.63, 3.8) is 0 Å². The highest BCUT2D eigenvalue weighted by Crippen LogP contribution is 2.30. The number of hydrogen-bond donors (Lipinski definition) is 1. The minimum absolute atomic E-state index is 0.0322. The van der Waals surface area contributed by atoms with E-state index in [2.05, 4.69) is 10.3 Å². The average Bonchev–Trinajstić information content (AvgIpc) is 2.80. The fourth-order valence-corrected chi connectivity index (χ4v) is 3.63. The number of pyridine rings is 2. The van der Waals surface area contributed by atoms with E-state index in [4.69, 9.17) is 0 Å². The molecule has 0 fully saturated rings. The monoisotopic (exact) mass is 479 g/mol. The number of rotatable bonds is 5. The highest BCUT2D eigenvalue weighted by Gasteiger charge is 2.30. The number of aromatic nitrogens is 2. The van der Waals surface area contributed by atoms with E-state index in [1.54, 1.807) is 37.3 Å². The van der Waals surface area contributed by atoms with Crippen LogP contribution < -0.4 is 10.7 Å². The molecule has 1 N–H and O–H groups in total. The summed E-state index contributed by atoms with van der Waals surface area (Å²) in [6.07, 6.45) is -3.28. The van der Waals surface area contributed by atoms with E-state index in [1.807, 2.05) is 6.92 Å². The maximum atomic E-state index is 13.1. The third-order valence-electron chi connectivity index (χ3n) is 5.41. The number of halogens is 3. The number of nitrogens with one attached hydrogen (secondary N) is 1. The van der Waals surface area contributed by atoms with E-state index < -0.39 is 28.9 Å². The second-order valence-corrected chi connectivity index (χ2v) is 8.15. The van der Waals surface area contributed by atoms with Crippen molar-refractivity contribution in [3.05, 3.63) is 105 Å². The largest absolute Gasteiger partial charge is 0.416 e. The number of hydrogen-bond acceptors (Lipinski definition) is 4. The summed E-state index contributed by atoms with van der Waals surface area (Å²) >= 11 is 0. The van der Waals surface area contributed by atoms with Gasteiger partial charge in [-0.25, -0.2) is 4.98 Å². The van der Waals surface area contributed by atoms with E-state index in [0.717, 1.165) is 17.7 Å². The molecule has 0 aliphatic carbocycles. The molecule has 4 aromatic rings. The normalized spacial score (nSPS) is 11.5. The highest BCUT2D eigenvalue weighted by molar-refractivity contribution is 6.10. The standard InChI is InChI=1S/C26H20F3N3O3/c1-15-6-9-17(10-7-15)23(34)21-13-32(25-20(24(21)35)11-8-16(2)30-25)14-22(33)31-19-5-3-4-18(12-19)26(27,28)29/h3-13H,14H2,1-2H3,(H,31,33). The Balaban J connectivity index is 1.72. The zero-order valence-electron chi connectivity index (χ0n) is 18.8. The van der Waals surface area contributed by atoms with Gasteiger partial charge in [0.2, 0.25) is 11.3 Å². The molecule has 2 aromatic heterocycles. The van der Waals surface area contributed by atoms with Crippen molar-refractivity contribution >= 4 is 28.4 Å². The van der Waals surface area contributed by atoms with E-state index >= 15 is 0 Å². The second kappa shape index (κ2) is 9.17. The number of carbonyl (C=O) groups is 2. The third kappa shape index (κ3) is 5.13. The summed E-state index contributed by atoms with van der Waals surface area (Å²) in [6.45, 7) is 3.20. The summed E-state index contributed by atoms with van der Waals surface area (Å²) in [5.41, 5.74) is 0.445. The van der Waals surface area contributed by atoms with Gasteiger partial charge in [0.1, 0.15) is 12.2 Å². The number of alkyl halides is 3. The van der Waals surface area contributed by atoms with Crippen LogP contribution >= 0.6 is 0 Å². The third-order valence-corrected chi connectivity index (χ3v) is 5.41. The number of amides is 1. The van der Waals surface area contributed by atoms with Crippen molar-refractivity contribution in [2.24, 2.45) is 0 Å². The Bertz CT molecular complexity index is 1510. The van der Waals surface area contributed by atoms with Crippen LogP contribution in [0.15, 0.2) is 71.7 Å². The van der Waals surface area contributed by atoms with Gasteiger partial charge in [0.15, 0.2) is 5.78 Å². The van der Waals surface area contributed by atoms with Crippen LogP contribution in [-0.4, -0.2) is 21.2 Å². The number of nitrogens with zero attached hydrogens (tertiary/aromatic N) is 2. The lowest BCUT2D eigenvalue weighted by Gasteiger charge is -2.14. The van der Waals surface area contributed by atoms with Crippen molar-refractivity contribution in [1.29, 1.82) is 0 Å². The van der Waals surface area contributed by atoms with Gasteiger partial charge >= 0.3 is 6.18 Å². The van der Waals surface area contributed by atoms with Gasteiger partial charge in [0.25, 0.3) is 0 Å². The molecule has 4 rings (SSSR count). The summed E-state index contributed by atoms with van der Waals surface area (Å²) < 4.78 is 40.3. The van der Waals surface area contributed by atoms with Gasteiger partial charge in [-0.05, 0) is 44.2 Å². The Kier molecular flexibility index (Phi) is 6.26. The van der Waals surface area contributed by atoms with E-state index in [0.29, 0.717) is 11.3 Å². The topological polar surface area (TPSA) is 81.1 Å². The summed E-state index contributed by atoms with van der Waals surface area (Å²) in [5, 5.41) is 2.59. The van der Waals surface area contributed by atoms with Gasteiger partial charge in [-0.1, -0.05) is 35.9 Å². The Morgan fingerprint density at radius 3 is 2.40 bits per heavy atom. The van der Waals surface area contributed by atoms with E-state index in [-0.39, 0.29) is 28.8 Å².